The van der Waals surface area contributed by atoms with Crippen molar-refractivity contribution in [2.24, 2.45) is 0 Å². The predicted molar refractivity (Wildman–Crippen MR) is 70.4 cm³/mol. The molecule has 1 aromatic heterocycles. The van der Waals surface area contributed by atoms with Crippen molar-refractivity contribution in [3.05, 3.63) is 53.5 Å². The van der Waals surface area contributed by atoms with Gasteiger partial charge in [0, 0.05) is 0 Å². The molecule has 4 nitrogen and oxygen atoms in total. The molecule has 4 heteroatoms. The molecule has 0 aliphatic rings. The van der Waals surface area contributed by atoms with Gasteiger partial charge in [0.25, 0.3) is 0 Å². The number of carbonyl (C=O) groups is 1. The largest absolute Gasteiger partial charge is 0.496 e. The smallest absolute Gasteiger partial charge is 0.192 e. The van der Waals surface area contributed by atoms with Crippen molar-refractivity contribution < 1.29 is 18.7 Å². The number of benzene rings is 1. The SMILES string of the molecule is COc1cc(C)ccc1C(=O)COCc1ccco1. The Morgan fingerprint density at radius 2 is 2.16 bits per heavy atom. The molecule has 2 rings (SSSR count). The Kier molecular flexibility index (Phi) is 4.36. The monoisotopic (exact) mass is 260 g/mol. The fourth-order valence-corrected chi connectivity index (χ4v) is 1.75. The van der Waals surface area contributed by atoms with Crippen molar-refractivity contribution in [3.8, 4) is 5.75 Å². The predicted octanol–water partition coefficient (Wildman–Crippen LogP) is 3.00. The summed E-state index contributed by atoms with van der Waals surface area (Å²) in [6.45, 7) is 2.23. The Bertz CT molecular complexity index is 543. The van der Waals surface area contributed by atoms with Crippen LogP contribution < -0.4 is 4.74 Å². The summed E-state index contributed by atoms with van der Waals surface area (Å²) in [5.41, 5.74) is 1.58. The van der Waals surface area contributed by atoms with Crippen molar-refractivity contribution in [2.75, 3.05) is 13.7 Å². The quantitative estimate of drug-likeness (QED) is 0.749. The Morgan fingerprint density at radius 3 is 2.84 bits per heavy atom. The van der Waals surface area contributed by atoms with Gasteiger partial charge in [-0.05, 0) is 36.8 Å². The van der Waals surface area contributed by atoms with Crippen LogP contribution in [0.3, 0.4) is 0 Å². The Hall–Kier alpha value is -2.07. The zero-order chi connectivity index (χ0) is 13.7. The molecule has 0 bridgehead atoms. The first-order valence-corrected chi connectivity index (χ1v) is 5.98. The van der Waals surface area contributed by atoms with E-state index in [0.29, 0.717) is 17.1 Å². The maximum atomic E-state index is 12.0. The molecule has 0 unspecified atom stereocenters. The van der Waals surface area contributed by atoms with Gasteiger partial charge >= 0.3 is 0 Å². The van der Waals surface area contributed by atoms with E-state index in [9.17, 15) is 4.79 Å². The maximum Gasteiger partial charge on any atom is 0.192 e. The molecule has 0 saturated carbocycles. The number of hydrogen-bond acceptors (Lipinski definition) is 4. The second kappa shape index (κ2) is 6.20. The topological polar surface area (TPSA) is 48.7 Å². The highest BCUT2D eigenvalue weighted by Crippen LogP contribution is 2.20. The molecule has 19 heavy (non-hydrogen) atoms. The highest BCUT2D eigenvalue weighted by atomic mass is 16.5. The van der Waals surface area contributed by atoms with E-state index in [-0.39, 0.29) is 19.0 Å². The normalized spacial score (nSPS) is 10.4. The number of Topliss-reactive ketones (excluding diaryl/α,β-unsaturated/α-hetero) is 1. The summed E-state index contributed by atoms with van der Waals surface area (Å²) in [5.74, 6) is 1.17. The summed E-state index contributed by atoms with van der Waals surface area (Å²) in [7, 11) is 1.55. The molecular weight excluding hydrogens is 244 g/mol. The molecule has 0 aliphatic heterocycles. The van der Waals surface area contributed by atoms with Gasteiger partial charge in [-0.1, -0.05) is 6.07 Å². The highest BCUT2D eigenvalue weighted by Gasteiger charge is 2.12. The molecule has 0 saturated heterocycles. The van der Waals surface area contributed by atoms with Crippen LogP contribution >= 0.6 is 0 Å². The number of furan rings is 1. The van der Waals surface area contributed by atoms with Crippen molar-refractivity contribution >= 4 is 5.78 Å². The number of rotatable bonds is 6. The first-order chi connectivity index (χ1) is 9.20. The van der Waals surface area contributed by atoms with Gasteiger partial charge in [0.1, 0.15) is 24.7 Å². The lowest BCUT2D eigenvalue weighted by Gasteiger charge is -2.08. The summed E-state index contributed by atoms with van der Waals surface area (Å²) in [6, 6.07) is 9.05. The lowest BCUT2D eigenvalue weighted by molar-refractivity contribution is 0.0688. The van der Waals surface area contributed by atoms with Crippen molar-refractivity contribution in [1.82, 2.24) is 0 Å². The lowest BCUT2D eigenvalue weighted by atomic mass is 10.1. The van der Waals surface area contributed by atoms with Gasteiger partial charge in [0.05, 0.1) is 18.9 Å². The molecule has 0 aliphatic carbocycles. The third kappa shape index (κ3) is 3.45. The minimum atomic E-state index is -0.108. The molecule has 100 valence electrons. The molecular formula is C15H16O4. The summed E-state index contributed by atoms with van der Waals surface area (Å²) in [5, 5.41) is 0. The van der Waals surface area contributed by atoms with Gasteiger partial charge in [-0.15, -0.1) is 0 Å². The second-order valence-corrected chi connectivity index (χ2v) is 4.20. The van der Waals surface area contributed by atoms with Crippen molar-refractivity contribution in [2.45, 2.75) is 13.5 Å². The summed E-state index contributed by atoms with van der Waals surface area (Å²) >= 11 is 0. The van der Waals surface area contributed by atoms with Crippen LogP contribution in [0.15, 0.2) is 41.0 Å². The highest BCUT2D eigenvalue weighted by molar-refractivity contribution is 5.99. The van der Waals surface area contributed by atoms with Crippen LogP contribution in [-0.4, -0.2) is 19.5 Å². The standard InChI is InChI=1S/C15H16O4/c1-11-5-6-13(15(8-11)17-2)14(16)10-18-9-12-4-3-7-19-12/h3-8H,9-10H2,1-2H3. The van der Waals surface area contributed by atoms with E-state index in [0.717, 1.165) is 5.56 Å². The van der Waals surface area contributed by atoms with Crippen LogP contribution in [0, 0.1) is 6.92 Å². The molecule has 0 amide bonds. The van der Waals surface area contributed by atoms with Crippen LogP contribution in [0.1, 0.15) is 21.7 Å². The van der Waals surface area contributed by atoms with E-state index in [1.54, 1.807) is 31.6 Å². The van der Waals surface area contributed by atoms with E-state index in [2.05, 4.69) is 0 Å². The molecule has 0 radical (unpaired) electrons. The van der Waals surface area contributed by atoms with Crippen LogP contribution in [0.5, 0.6) is 5.75 Å². The van der Waals surface area contributed by atoms with E-state index >= 15 is 0 Å². The number of ketones is 1. The van der Waals surface area contributed by atoms with Gasteiger partial charge < -0.3 is 13.9 Å². The number of ether oxygens (including phenoxy) is 2. The van der Waals surface area contributed by atoms with E-state index in [1.807, 2.05) is 19.1 Å². The number of aryl methyl sites for hydroxylation is 1. The second-order valence-electron chi connectivity index (χ2n) is 4.20. The first-order valence-electron chi connectivity index (χ1n) is 5.98. The van der Waals surface area contributed by atoms with Gasteiger partial charge in [-0.2, -0.15) is 0 Å². The van der Waals surface area contributed by atoms with Crippen LogP contribution in [0.4, 0.5) is 0 Å². The zero-order valence-corrected chi connectivity index (χ0v) is 11.0. The van der Waals surface area contributed by atoms with Gasteiger partial charge in [0.2, 0.25) is 0 Å². The minimum absolute atomic E-state index is 0.000120. The maximum absolute atomic E-state index is 12.0. The average molecular weight is 260 g/mol. The molecule has 0 fully saturated rings. The summed E-state index contributed by atoms with van der Waals surface area (Å²) < 4.78 is 15.7. The molecule has 1 heterocycles. The van der Waals surface area contributed by atoms with Crippen molar-refractivity contribution in [3.63, 3.8) is 0 Å². The Labute approximate surface area is 111 Å². The summed E-state index contributed by atoms with van der Waals surface area (Å²) in [6.07, 6.45) is 1.57. The molecule has 0 N–H and O–H groups in total. The summed E-state index contributed by atoms with van der Waals surface area (Å²) in [4.78, 5) is 12.0. The minimum Gasteiger partial charge on any atom is -0.496 e. The van der Waals surface area contributed by atoms with E-state index in [4.69, 9.17) is 13.9 Å². The molecule has 2 aromatic rings. The zero-order valence-electron chi connectivity index (χ0n) is 11.0. The third-order valence-corrected chi connectivity index (χ3v) is 2.72. The van der Waals surface area contributed by atoms with E-state index in [1.165, 1.54) is 0 Å². The van der Waals surface area contributed by atoms with Crippen LogP contribution in [0.2, 0.25) is 0 Å². The van der Waals surface area contributed by atoms with Crippen LogP contribution in [-0.2, 0) is 11.3 Å². The fraction of sp³-hybridized carbons (Fsp3) is 0.267. The van der Waals surface area contributed by atoms with Crippen LogP contribution in [0.25, 0.3) is 0 Å². The number of methoxy groups -OCH3 is 1. The Balaban J connectivity index is 1.96. The number of carbonyl (C=O) groups excluding carboxylic acids is 1. The van der Waals surface area contributed by atoms with Crippen molar-refractivity contribution in [1.29, 1.82) is 0 Å². The average Bonchev–Trinajstić information content (AvgIpc) is 2.91. The third-order valence-electron chi connectivity index (χ3n) is 2.72. The first kappa shape index (κ1) is 13.4. The van der Waals surface area contributed by atoms with Gasteiger partial charge in [-0.3, -0.25) is 4.79 Å². The molecule has 0 atom stereocenters. The lowest BCUT2D eigenvalue weighted by Crippen LogP contribution is -2.10. The fourth-order valence-electron chi connectivity index (χ4n) is 1.75. The van der Waals surface area contributed by atoms with E-state index < -0.39 is 0 Å². The molecule has 1 aromatic carbocycles. The Morgan fingerprint density at radius 1 is 1.32 bits per heavy atom. The number of hydrogen-bond donors (Lipinski definition) is 0. The van der Waals surface area contributed by atoms with Gasteiger partial charge in [0.15, 0.2) is 5.78 Å². The van der Waals surface area contributed by atoms with Gasteiger partial charge in [-0.25, -0.2) is 0 Å². The molecule has 0 spiro atoms.